The van der Waals surface area contributed by atoms with Gasteiger partial charge in [-0.3, -0.25) is 10.1 Å². The van der Waals surface area contributed by atoms with Gasteiger partial charge in [0.2, 0.25) is 5.91 Å². The molecule has 9 heteroatoms. The molecule has 0 spiro atoms. The van der Waals surface area contributed by atoms with E-state index in [2.05, 4.69) is 57.5 Å². The third kappa shape index (κ3) is 8.99. The van der Waals surface area contributed by atoms with Crippen molar-refractivity contribution in [2.24, 2.45) is 5.73 Å². The number of nitrogens with zero attached hydrogens (tertiary/aromatic N) is 3. The lowest BCUT2D eigenvalue weighted by Gasteiger charge is -2.36. The first-order valence-corrected chi connectivity index (χ1v) is 14.1. The minimum absolute atomic E-state index is 0.243. The van der Waals surface area contributed by atoms with Gasteiger partial charge in [0.1, 0.15) is 23.0 Å². The average molecular weight is 550 g/mol. The first-order chi connectivity index (χ1) is 19.2. The van der Waals surface area contributed by atoms with E-state index in [-0.39, 0.29) is 6.23 Å². The van der Waals surface area contributed by atoms with Crippen LogP contribution in [0.1, 0.15) is 56.3 Å². The predicted molar refractivity (Wildman–Crippen MR) is 160 cm³/mol. The number of nitrogens with one attached hydrogen (secondary N) is 1. The summed E-state index contributed by atoms with van der Waals surface area (Å²) in [5.41, 5.74) is 9.02. The third-order valence-electron chi connectivity index (χ3n) is 6.38. The molecule has 208 valence electrons. The molecule has 8 nitrogen and oxygen atoms in total. The van der Waals surface area contributed by atoms with Crippen molar-refractivity contribution >= 4 is 29.7 Å². The second kappa shape index (κ2) is 17.1. The molecule has 2 aromatic carbocycles. The van der Waals surface area contributed by atoms with Crippen LogP contribution in [0.2, 0.25) is 0 Å². The molecule has 0 aliphatic carbocycles. The van der Waals surface area contributed by atoms with Gasteiger partial charge in [-0.05, 0) is 75.0 Å². The quantitative estimate of drug-likeness (QED) is 0.409. The zero-order chi connectivity index (χ0) is 28.6. The number of terminal acetylenes is 1. The molecule has 39 heavy (non-hydrogen) atoms. The lowest BCUT2D eigenvalue weighted by atomic mass is 10.1. The fourth-order valence-electron chi connectivity index (χ4n) is 4.47. The maximum absolute atomic E-state index is 11.3. The number of rotatable bonds is 6. The summed E-state index contributed by atoms with van der Waals surface area (Å²) in [6, 6.07) is 15.7. The Kier molecular flexibility index (Phi) is 13.9. The van der Waals surface area contributed by atoms with E-state index < -0.39 is 5.91 Å². The van der Waals surface area contributed by atoms with Gasteiger partial charge in [0.15, 0.2) is 0 Å². The van der Waals surface area contributed by atoms with Crippen molar-refractivity contribution in [3.05, 3.63) is 54.1 Å². The van der Waals surface area contributed by atoms with Crippen molar-refractivity contribution in [1.82, 2.24) is 15.5 Å². The lowest BCUT2D eigenvalue weighted by molar-refractivity contribution is -0.0980. The zero-order valence-electron chi connectivity index (χ0n) is 22.8. The first kappa shape index (κ1) is 31.6. The van der Waals surface area contributed by atoms with Crippen molar-refractivity contribution in [2.45, 2.75) is 58.3 Å². The highest BCUT2D eigenvalue weighted by Crippen LogP contribution is 2.32. The number of piperidine rings is 2. The van der Waals surface area contributed by atoms with E-state index in [9.17, 15) is 4.79 Å². The number of carbonyl (C=O) groups excluding carboxylic acids is 2. The lowest BCUT2D eigenvalue weighted by Crippen LogP contribution is -2.43. The van der Waals surface area contributed by atoms with Crippen LogP contribution in [0, 0.1) is 12.8 Å². The summed E-state index contributed by atoms with van der Waals surface area (Å²) < 4.78 is 6.28. The number of hydrogen-bond donors (Lipinski definition) is 2. The van der Waals surface area contributed by atoms with Gasteiger partial charge in [0, 0.05) is 35.5 Å². The van der Waals surface area contributed by atoms with Gasteiger partial charge >= 0.3 is 0 Å². The number of hydrogen-bond acceptors (Lipinski definition) is 8. The standard InChI is InChI=1S/C25H29N5O2S.C2H6.C2H2.CH2O/c26-23(31)17-4-6-18(7-5-17)24-28-29-25(33-24)19-8-10-20(11-9-19)30-15-12-21(13-16-30)32-22-3-1-2-14-27-22;3*1-2/h4-11,21-22,27H,1-3,12-16H2,(H2,26,31);1-2H3;1-2H;1H2. The molecule has 2 aliphatic heterocycles. The smallest absolute Gasteiger partial charge is 0.248 e. The number of anilines is 1. The molecule has 1 aromatic heterocycles. The molecular weight excluding hydrogens is 510 g/mol. The van der Waals surface area contributed by atoms with Gasteiger partial charge in [-0.2, -0.15) is 0 Å². The molecule has 0 bridgehead atoms. The molecule has 1 amide bonds. The Bertz CT molecular complexity index is 1130. The Morgan fingerprint density at radius 1 is 0.949 bits per heavy atom. The second-order valence-corrected chi connectivity index (χ2v) is 9.64. The van der Waals surface area contributed by atoms with Crippen LogP contribution in [0.5, 0.6) is 0 Å². The number of aromatic nitrogens is 2. The Balaban J connectivity index is 0.000000833. The molecule has 2 aliphatic rings. The van der Waals surface area contributed by atoms with E-state index in [1.54, 1.807) is 12.1 Å². The maximum Gasteiger partial charge on any atom is 0.248 e. The van der Waals surface area contributed by atoms with Crippen LogP contribution in [-0.2, 0) is 9.53 Å². The number of nitrogens with two attached hydrogens (primary N) is 1. The monoisotopic (exact) mass is 549 g/mol. The number of primary amides is 1. The van der Waals surface area contributed by atoms with Crippen molar-refractivity contribution in [2.75, 3.05) is 24.5 Å². The highest BCUT2D eigenvalue weighted by Gasteiger charge is 2.24. The molecule has 3 heterocycles. The number of amides is 1. The van der Waals surface area contributed by atoms with Gasteiger partial charge in [0.25, 0.3) is 0 Å². The minimum Gasteiger partial charge on any atom is -0.371 e. The van der Waals surface area contributed by atoms with E-state index >= 15 is 0 Å². The summed E-state index contributed by atoms with van der Waals surface area (Å²) in [4.78, 5) is 21.7. The summed E-state index contributed by atoms with van der Waals surface area (Å²) in [7, 11) is 0. The van der Waals surface area contributed by atoms with Crippen molar-refractivity contribution in [3.63, 3.8) is 0 Å². The summed E-state index contributed by atoms with van der Waals surface area (Å²) in [6.07, 6.45) is 14.4. The van der Waals surface area contributed by atoms with Gasteiger partial charge in [-0.1, -0.05) is 37.3 Å². The summed E-state index contributed by atoms with van der Waals surface area (Å²) >= 11 is 1.54. The van der Waals surface area contributed by atoms with Crippen LogP contribution < -0.4 is 16.0 Å². The molecule has 2 fully saturated rings. The molecule has 1 unspecified atom stereocenters. The van der Waals surface area contributed by atoms with Gasteiger partial charge in [-0.15, -0.1) is 23.0 Å². The minimum atomic E-state index is -0.433. The van der Waals surface area contributed by atoms with Crippen LogP contribution in [0.15, 0.2) is 48.5 Å². The van der Waals surface area contributed by atoms with Crippen LogP contribution in [0.4, 0.5) is 5.69 Å². The largest absolute Gasteiger partial charge is 0.371 e. The van der Waals surface area contributed by atoms with Crippen molar-refractivity contribution in [1.29, 1.82) is 0 Å². The van der Waals surface area contributed by atoms with E-state index in [4.69, 9.17) is 15.3 Å². The number of ether oxygens (including phenoxy) is 1. The first-order valence-electron chi connectivity index (χ1n) is 13.3. The summed E-state index contributed by atoms with van der Waals surface area (Å²) in [6.45, 7) is 9.11. The Morgan fingerprint density at radius 3 is 1.97 bits per heavy atom. The zero-order valence-corrected chi connectivity index (χ0v) is 23.7. The SMILES string of the molecule is C#C.C=O.CC.NC(=O)c1ccc(-c2nnc(-c3ccc(N4CCC(OC5CCCCN5)CC4)cc3)s2)cc1. The van der Waals surface area contributed by atoms with Crippen LogP contribution >= 0.6 is 11.3 Å². The second-order valence-electron chi connectivity index (χ2n) is 8.66. The average Bonchev–Trinajstić information content (AvgIpc) is 3.52. The number of carbonyl (C=O) groups is 2. The topological polar surface area (TPSA) is 110 Å². The van der Waals surface area contributed by atoms with E-state index in [0.29, 0.717) is 11.7 Å². The Labute approximate surface area is 236 Å². The van der Waals surface area contributed by atoms with E-state index in [1.807, 2.05) is 32.8 Å². The van der Waals surface area contributed by atoms with E-state index in [0.717, 1.165) is 60.0 Å². The van der Waals surface area contributed by atoms with E-state index in [1.165, 1.54) is 29.9 Å². The maximum atomic E-state index is 11.3. The van der Waals surface area contributed by atoms with Crippen LogP contribution in [0.3, 0.4) is 0 Å². The van der Waals surface area contributed by atoms with Gasteiger partial charge < -0.3 is 20.2 Å². The third-order valence-corrected chi connectivity index (χ3v) is 7.41. The summed E-state index contributed by atoms with van der Waals surface area (Å²) in [5.74, 6) is -0.433. The van der Waals surface area contributed by atoms with Crippen molar-refractivity contribution < 1.29 is 14.3 Å². The van der Waals surface area contributed by atoms with Crippen LogP contribution in [0.25, 0.3) is 21.1 Å². The molecule has 0 radical (unpaired) electrons. The summed E-state index contributed by atoms with van der Waals surface area (Å²) in [5, 5.41) is 13.9. The Hall–Kier alpha value is -3.58. The fourth-order valence-corrected chi connectivity index (χ4v) is 5.32. The fraction of sp³-hybridized carbons (Fsp3) is 0.400. The molecular formula is C30H39N5O3S. The van der Waals surface area contributed by atoms with Gasteiger partial charge in [-0.25, -0.2) is 0 Å². The van der Waals surface area contributed by atoms with Crippen molar-refractivity contribution in [3.8, 4) is 34.0 Å². The highest BCUT2D eigenvalue weighted by molar-refractivity contribution is 7.17. The molecule has 3 N–H and O–H groups in total. The highest BCUT2D eigenvalue weighted by atomic mass is 32.1. The van der Waals surface area contributed by atoms with Crippen LogP contribution in [-0.4, -0.2) is 54.9 Å². The predicted octanol–water partition coefficient (Wildman–Crippen LogP) is 5.15. The molecule has 0 saturated carbocycles. The molecule has 5 rings (SSSR count). The Morgan fingerprint density at radius 2 is 1.49 bits per heavy atom. The molecule has 3 aromatic rings. The molecule has 2 saturated heterocycles. The molecule has 1 atom stereocenters. The number of benzene rings is 2. The normalized spacial score (nSPS) is 16.8. The van der Waals surface area contributed by atoms with Gasteiger partial charge in [0.05, 0.1) is 6.10 Å².